The first kappa shape index (κ1) is 13.5. The first-order valence-corrected chi connectivity index (χ1v) is 6.12. The minimum atomic E-state index is -0.736. The summed E-state index contributed by atoms with van der Waals surface area (Å²) in [5, 5.41) is 3.02. The second-order valence-electron chi connectivity index (χ2n) is 5.01. The molecule has 1 saturated carbocycles. The molecule has 1 aliphatic rings. The highest BCUT2D eigenvalue weighted by atomic mass is 16.5. The third kappa shape index (κ3) is 3.46. The molecule has 1 rings (SSSR count). The molecule has 0 aliphatic heterocycles. The molecule has 1 aliphatic carbocycles. The topological polar surface area (TPSA) is 64.4 Å². The summed E-state index contributed by atoms with van der Waals surface area (Å²) < 4.78 is 5.27. The Morgan fingerprint density at radius 1 is 1.56 bits per heavy atom. The van der Waals surface area contributed by atoms with Crippen molar-refractivity contribution in [2.45, 2.75) is 63.6 Å². The quantitative estimate of drug-likeness (QED) is 0.743. The fraction of sp³-hybridized carbons (Fsp3) is 0.917. The Hall–Kier alpha value is -0.610. The van der Waals surface area contributed by atoms with Crippen molar-refractivity contribution in [2.75, 3.05) is 7.11 Å². The molecule has 1 fully saturated rings. The van der Waals surface area contributed by atoms with Gasteiger partial charge in [0.25, 0.3) is 0 Å². The summed E-state index contributed by atoms with van der Waals surface area (Å²) >= 11 is 0. The predicted octanol–water partition coefficient (Wildman–Crippen LogP) is 1.19. The van der Waals surface area contributed by atoms with E-state index >= 15 is 0 Å². The number of carbonyl (C=O) groups excluding carboxylic acids is 1. The van der Waals surface area contributed by atoms with Gasteiger partial charge in [0.15, 0.2) is 0 Å². The van der Waals surface area contributed by atoms with E-state index in [1.807, 2.05) is 6.92 Å². The summed E-state index contributed by atoms with van der Waals surface area (Å²) in [7, 11) is 1.72. The van der Waals surface area contributed by atoms with Gasteiger partial charge in [0.2, 0.25) is 5.91 Å². The van der Waals surface area contributed by atoms with E-state index < -0.39 is 5.54 Å². The minimum Gasteiger partial charge on any atom is -0.381 e. The number of rotatable bonds is 5. The summed E-state index contributed by atoms with van der Waals surface area (Å²) in [6.07, 6.45) is 4.86. The van der Waals surface area contributed by atoms with E-state index in [9.17, 15) is 4.79 Å². The van der Waals surface area contributed by atoms with Gasteiger partial charge < -0.3 is 15.8 Å². The number of nitrogens with one attached hydrogen (secondary N) is 1. The van der Waals surface area contributed by atoms with E-state index in [1.165, 1.54) is 0 Å². The van der Waals surface area contributed by atoms with Gasteiger partial charge in [-0.2, -0.15) is 0 Å². The lowest BCUT2D eigenvalue weighted by atomic mass is 9.96. The lowest BCUT2D eigenvalue weighted by Crippen LogP contribution is -2.53. The molecule has 0 heterocycles. The van der Waals surface area contributed by atoms with Crippen molar-refractivity contribution in [3.05, 3.63) is 0 Å². The average molecular weight is 228 g/mol. The van der Waals surface area contributed by atoms with Crippen LogP contribution in [-0.4, -0.2) is 30.7 Å². The Morgan fingerprint density at radius 2 is 2.25 bits per heavy atom. The highest BCUT2D eigenvalue weighted by molar-refractivity contribution is 5.85. The second-order valence-corrected chi connectivity index (χ2v) is 5.01. The standard InChI is InChI=1S/C12H24N2O2/c1-4-7-12(2,13)11(15)14-9-5-6-10(8-9)16-3/h9-10H,4-8,13H2,1-3H3,(H,14,15). The van der Waals surface area contributed by atoms with E-state index in [0.29, 0.717) is 6.10 Å². The molecule has 4 nitrogen and oxygen atoms in total. The summed E-state index contributed by atoms with van der Waals surface area (Å²) in [6.45, 7) is 3.84. The third-order valence-electron chi connectivity index (χ3n) is 3.34. The lowest BCUT2D eigenvalue weighted by Gasteiger charge is -2.25. The molecule has 16 heavy (non-hydrogen) atoms. The fourth-order valence-corrected chi connectivity index (χ4v) is 2.27. The number of nitrogens with two attached hydrogens (primary N) is 1. The highest BCUT2D eigenvalue weighted by Gasteiger charge is 2.32. The van der Waals surface area contributed by atoms with Crippen LogP contribution in [0.1, 0.15) is 46.0 Å². The maximum Gasteiger partial charge on any atom is 0.240 e. The molecular formula is C12H24N2O2. The third-order valence-corrected chi connectivity index (χ3v) is 3.34. The van der Waals surface area contributed by atoms with E-state index in [0.717, 1.165) is 32.1 Å². The Balaban J connectivity index is 2.40. The summed E-state index contributed by atoms with van der Waals surface area (Å²) in [6, 6.07) is 0.234. The van der Waals surface area contributed by atoms with Crippen LogP contribution in [0.2, 0.25) is 0 Å². The van der Waals surface area contributed by atoms with Gasteiger partial charge in [-0.15, -0.1) is 0 Å². The molecule has 0 aromatic heterocycles. The second kappa shape index (κ2) is 5.64. The van der Waals surface area contributed by atoms with E-state index in [1.54, 1.807) is 14.0 Å². The summed E-state index contributed by atoms with van der Waals surface area (Å²) in [5.41, 5.74) is 5.24. The van der Waals surface area contributed by atoms with Gasteiger partial charge in [0, 0.05) is 13.2 Å². The van der Waals surface area contributed by atoms with Crippen LogP contribution < -0.4 is 11.1 Å². The number of amides is 1. The van der Waals surface area contributed by atoms with Crippen LogP contribution in [-0.2, 0) is 9.53 Å². The number of hydrogen-bond donors (Lipinski definition) is 2. The van der Waals surface area contributed by atoms with Crippen LogP contribution in [0.4, 0.5) is 0 Å². The smallest absolute Gasteiger partial charge is 0.240 e. The molecule has 3 N–H and O–H groups in total. The first-order chi connectivity index (χ1) is 7.49. The van der Waals surface area contributed by atoms with Gasteiger partial charge in [-0.25, -0.2) is 0 Å². The molecule has 94 valence electrons. The average Bonchev–Trinajstić information content (AvgIpc) is 2.65. The van der Waals surface area contributed by atoms with E-state index in [-0.39, 0.29) is 11.9 Å². The van der Waals surface area contributed by atoms with Crippen LogP contribution in [0, 0.1) is 0 Å². The molecule has 0 aromatic rings. The van der Waals surface area contributed by atoms with Gasteiger partial charge in [0.05, 0.1) is 11.6 Å². The van der Waals surface area contributed by atoms with Crippen LogP contribution in [0.5, 0.6) is 0 Å². The maximum atomic E-state index is 11.9. The van der Waals surface area contributed by atoms with Crippen molar-refractivity contribution in [1.29, 1.82) is 0 Å². The molecule has 3 atom stereocenters. The SMILES string of the molecule is CCCC(C)(N)C(=O)NC1CCC(OC)C1. The van der Waals surface area contributed by atoms with Gasteiger partial charge in [0.1, 0.15) is 0 Å². The van der Waals surface area contributed by atoms with Crippen molar-refractivity contribution in [1.82, 2.24) is 5.32 Å². The molecule has 3 unspecified atom stereocenters. The molecular weight excluding hydrogens is 204 g/mol. The Labute approximate surface area is 97.9 Å². The molecule has 0 bridgehead atoms. The zero-order valence-corrected chi connectivity index (χ0v) is 10.6. The number of ether oxygens (including phenoxy) is 1. The van der Waals surface area contributed by atoms with Crippen molar-refractivity contribution < 1.29 is 9.53 Å². The Kier molecular flexibility index (Phi) is 4.74. The normalized spacial score (nSPS) is 28.8. The summed E-state index contributed by atoms with van der Waals surface area (Å²) in [5.74, 6) is -0.0314. The Bertz CT molecular complexity index is 241. The maximum absolute atomic E-state index is 11.9. The number of hydrogen-bond acceptors (Lipinski definition) is 3. The fourth-order valence-electron chi connectivity index (χ4n) is 2.27. The van der Waals surface area contributed by atoms with E-state index in [4.69, 9.17) is 10.5 Å². The number of methoxy groups -OCH3 is 1. The molecule has 1 amide bonds. The van der Waals surface area contributed by atoms with Crippen molar-refractivity contribution >= 4 is 5.91 Å². The van der Waals surface area contributed by atoms with Crippen LogP contribution in [0.3, 0.4) is 0 Å². The van der Waals surface area contributed by atoms with Crippen LogP contribution in [0.25, 0.3) is 0 Å². The zero-order valence-electron chi connectivity index (χ0n) is 10.6. The van der Waals surface area contributed by atoms with Gasteiger partial charge in [-0.1, -0.05) is 13.3 Å². The van der Waals surface area contributed by atoms with Crippen molar-refractivity contribution in [2.24, 2.45) is 5.73 Å². The van der Waals surface area contributed by atoms with Crippen molar-refractivity contribution in [3.8, 4) is 0 Å². The van der Waals surface area contributed by atoms with Gasteiger partial charge >= 0.3 is 0 Å². The first-order valence-electron chi connectivity index (χ1n) is 6.12. The minimum absolute atomic E-state index is 0.0314. The van der Waals surface area contributed by atoms with Crippen molar-refractivity contribution in [3.63, 3.8) is 0 Å². The van der Waals surface area contributed by atoms with Crippen LogP contribution >= 0.6 is 0 Å². The lowest BCUT2D eigenvalue weighted by molar-refractivity contribution is -0.126. The highest BCUT2D eigenvalue weighted by Crippen LogP contribution is 2.22. The molecule has 4 heteroatoms. The Morgan fingerprint density at radius 3 is 2.75 bits per heavy atom. The molecule has 0 radical (unpaired) electrons. The van der Waals surface area contributed by atoms with Crippen LogP contribution in [0.15, 0.2) is 0 Å². The number of carbonyl (C=O) groups is 1. The van der Waals surface area contributed by atoms with Gasteiger partial charge in [-0.3, -0.25) is 4.79 Å². The zero-order chi connectivity index (χ0) is 12.2. The van der Waals surface area contributed by atoms with E-state index in [2.05, 4.69) is 5.32 Å². The summed E-state index contributed by atoms with van der Waals surface area (Å²) in [4.78, 5) is 11.9. The predicted molar refractivity (Wildman–Crippen MR) is 64.1 cm³/mol. The molecule has 0 saturated heterocycles. The molecule has 0 spiro atoms. The largest absolute Gasteiger partial charge is 0.381 e. The molecule has 0 aromatic carbocycles. The monoisotopic (exact) mass is 228 g/mol. The van der Waals surface area contributed by atoms with Gasteiger partial charge in [-0.05, 0) is 32.6 Å².